The van der Waals surface area contributed by atoms with Gasteiger partial charge in [-0.1, -0.05) is 0 Å². The summed E-state index contributed by atoms with van der Waals surface area (Å²) in [5.74, 6) is -0.133. The van der Waals surface area contributed by atoms with Crippen molar-refractivity contribution in [2.45, 2.75) is 55.3 Å². The van der Waals surface area contributed by atoms with Crippen LogP contribution in [0, 0.1) is 0 Å². The van der Waals surface area contributed by atoms with E-state index in [2.05, 4.69) is 0 Å². The van der Waals surface area contributed by atoms with Crippen molar-refractivity contribution < 1.29 is 77.7 Å². The molecule has 2 aliphatic rings. The van der Waals surface area contributed by atoms with Gasteiger partial charge in [0, 0.05) is 6.07 Å². The van der Waals surface area contributed by atoms with Crippen molar-refractivity contribution in [3.05, 3.63) is 22.4 Å². The predicted molar refractivity (Wildman–Crippen MR) is 154 cm³/mol. The lowest BCUT2D eigenvalue weighted by Gasteiger charge is -2.41. The minimum Gasteiger partial charge on any atom is -0.497 e. The third kappa shape index (κ3) is 5.74. The second-order valence-electron chi connectivity index (χ2n) is 10.5. The summed E-state index contributed by atoms with van der Waals surface area (Å²) in [7, 11) is 6.67. The average molecular weight is 657 g/mol. The van der Waals surface area contributed by atoms with E-state index in [-0.39, 0.29) is 63.0 Å². The third-order valence-electron chi connectivity index (χ3n) is 7.83. The zero-order chi connectivity index (χ0) is 33.4. The SMILES string of the molecule is COc1cc(OC)c2oc3c(OC)c(OC)c(OC)c(OC4O[C@H](CO[C@@H]5OC[C@@H](O)[C@H](O)[C@H]5O)[C@@H](O)[C@H](O)[C@H]4O)c3c(=O)c2c1. The summed E-state index contributed by atoms with van der Waals surface area (Å²) in [5.41, 5.74) is -0.754. The lowest BCUT2D eigenvalue weighted by Crippen LogP contribution is -2.61. The van der Waals surface area contributed by atoms with Gasteiger partial charge >= 0.3 is 0 Å². The van der Waals surface area contributed by atoms with Crippen molar-refractivity contribution in [2.24, 2.45) is 0 Å². The van der Waals surface area contributed by atoms with Gasteiger partial charge in [0.25, 0.3) is 0 Å². The first-order valence-electron chi connectivity index (χ1n) is 14.0. The Morgan fingerprint density at radius 3 is 2.00 bits per heavy atom. The van der Waals surface area contributed by atoms with Crippen molar-refractivity contribution in [1.82, 2.24) is 0 Å². The van der Waals surface area contributed by atoms with Crippen LogP contribution in [0.15, 0.2) is 21.3 Å². The number of rotatable bonds is 10. The van der Waals surface area contributed by atoms with Crippen molar-refractivity contribution in [3.63, 3.8) is 0 Å². The summed E-state index contributed by atoms with van der Waals surface area (Å²) in [6.45, 7) is -0.878. The molecule has 6 N–H and O–H groups in total. The highest BCUT2D eigenvalue weighted by atomic mass is 16.7. The smallest absolute Gasteiger partial charge is 0.229 e. The van der Waals surface area contributed by atoms with Crippen LogP contribution in [0.2, 0.25) is 0 Å². The van der Waals surface area contributed by atoms with E-state index < -0.39 is 67.3 Å². The number of benzene rings is 2. The molecule has 0 aliphatic carbocycles. The van der Waals surface area contributed by atoms with Gasteiger partial charge < -0.3 is 77.7 Å². The first-order chi connectivity index (χ1) is 22.0. The Morgan fingerprint density at radius 2 is 1.37 bits per heavy atom. The van der Waals surface area contributed by atoms with Crippen molar-refractivity contribution in [3.8, 4) is 34.5 Å². The van der Waals surface area contributed by atoms with E-state index in [1.165, 1.54) is 47.7 Å². The fraction of sp³-hybridized carbons (Fsp3) is 0.552. The molecule has 5 rings (SSSR count). The largest absolute Gasteiger partial charge is 0.497 e. The van der Waals surface area contributed by atoms with E-state index >= 15 is 0 Å². The van der Waals surface area contributed by atoms with Gasteiger partial charge in [0.05, 0.1) is 54.1 Å². The van der Waals surface area contributed by atoms with Gasteiger partial charge in [-0.15, -0.1) is 0 Å². The maximum Gasteiger partial charge on any atom is 0.229 e. The highest BCUT2D eigenvalue weighted by molar-refractivity contribution is 6.01. The molecule has 2 fully saturated rings. The van der Waals surface area contributed by atoms with Gasteiger partial charge in [0.2, 0.25) is 29.0 Å². The van der Waals surface area contributed by atoms with Crippen LogP contribution < -0.4 is 33.8 Å². The van der Waals surface area contributed by atoms with Gasteiger partial charge in [-0.05, 0) is 6.07 Å². The summed E-state index contributed by atoms with van der Waals surface area (Å²) in [4.78, 5) is 14.2. The molecule has 3 aromatic rings. The molecule has 0 saturated carbocycles. The van der Waals surface area contributed by atoms with E-state index in [0.717, 1.165) is 0 Å². The number of aliphatic hydroxyl groups is 6. The van der Waals surface area contributed by atoms with Gasteiger partial charge in [0.15, 0.2) is 29.0 Å². The molecular weight excluding hydrogens is 620 g/mol. The van der Waals surface area contributed by atoms with E-state index in [9.17, 15) is 35.4 Å². The maximum absolute atomic E-state index is 14.2. The molecule has 0 amide bonds. The Bertz CT molecular complexity index is 1610. The summed E-state index contributed by atoms with van der Waals surface area (Å²) >= 11 is 0. The monoisotopic (exact) mass is 656 g/mol. The number of hydrogen-bond acceptors (Lipinski definition) is 17. The summed E-state index contributed by atoms with van der Waals surface area (Å²) < 4.78 is 56.0. The number of ether oxygens (including phenoxy) is 9. The lowest BCUT2D eigenvalue weighted by molar-refractivity contribution is -0.307. The normalized spacial score (nSPS) is 29.8. The molecule has 3 heterocycles. The zero-order valence-electron chi connectivity index (χ0n) is 25.4. The molecule has 0 spiro atoms. The summed E-state index contributed by atoms with van der Waals surface area (Å²) in [6.07, 6.45) is -14.6. The Morgan fingerprint density at radius 1 is 0.717 bits per heavy atom. The summed E-state index contributed by atoms with van der Waals surface area (Å²) in [5, 5.41) is 61.9. The standard InChI is InChI=1S/C29H36O17/c1-37-10-6-11-16(31)15-23(45-22(11)13(7-10)38-2)25(39-3)27(41-5)26(40-4)24(15)46-29-21(36)19(34)18(33)14(44-29)9-43-28-20(35)17(32)12(30)8-42-28/h6-7,12,14,17-21,28-30,32-36H,8-9H2,1-5H3/t12-,14-,17+,18-,19+,20-,21-,28+,29?/m1/s1. The van der Waals surface area contributed by atoms with Crippen LogP contribution in [0.5, 0.6) is 34.5 Å². The number of methoxy groups -OCH3 is 5. The van der Waals surface area contributed by atoms with Crippen LogP contribution >= 0.6 is 0 Å². The highest BCUT2D eigenvalue weighted by Gasteiger charge is 2.47. The van der Waals surface area contributed by atoms with Gasteiger partial charge in [-0.2, -0.15) is 0 Å². The zero-order valence-corrected chi connectivity index (χ0v) is 25.4. The topological polar surface area (TPSA) is 235 Å². The van der Waals surface area contributed by atoms with Crippen molar-refractivity contribution in [1.29, 1.82) is 0 Å². The van der Waals surface area contributed by atoms with E-state index in [1.54, 1.807) is 0 Å². The molecule has 0 bridgehead atoms. The molecule has 2 aliphatic heterocycles. The van der Waals surface area contributed by atoms with E-state index in [1.807, 2.05) is 0 Å². The van der Waals surface area contributed by atoms with Crippen LogP contribution in [-0.2, 0) is 14.2 Å². The van der Waals surface area contributed by atoms with E-state index in [4.69, 9.17) is 47.0 Å². The van der Waals surface area contributed by atoms with Crippen LogP contribution in [0.4, 0.5) is 0 Å². The molecule has 46 heavy (non-hydrogen) atoms. The molecule has 254 valence electrons. The minimum absolute atomic E-state index is 0.0213. The fourth-order valence-electron chi connectivity index (χ4n) is 5.35. The van der Waals surface area contributed by atoms with Gasteiger partial charge in [-0.25, -0.2) is 0 Å². The second-order valence-corrected chi connectivity index (χ2v) is 10.5. The van der Waals surface area contributed by atoms with Gasteiger partial charge in [0.1, 0.15) is 53.9 Å². The second kappa shape index (κ2) is 13.6. The first-order valence-corrected chi connectivity index (χ1v) is 14.0. The molecule has 2 saturated heterocycles. The average Bonchev–Trinajstić information content (AvgIpc) is 3.06. The Kier molecular flexibility index (Phi) is 9.97. The van der Waals surface area contributed by atoms with Crippen LogP contribution in [0.25, 0.3) is 21.9 Å². The van der Waals surface area contributed by atoms with Crippen molar-refractivity contribution in [2.75, 3.05) is 48.8 Å². The molecule has 9 atom stereocenters. The molecular formula is C29H36O17. The quantitative estimate of drug-likeness (QED) is 0.138. The van der Waals surface area contributed by atoms with Gasteiger partial charge in [-0.3, -0.25) is 4.79 Å². The predicted octanol–water partition coefficient (Wildman–Crippen LogP) is -1.37. The Labute approximate surface area is 260 Å². The molecule has 0 radical (unpaired) electrons. The number of hydrogen-bond donors (Lipinski definition) is 6. The van der Waals surface area contributed by atoms with Crippen LogP contribution in [0.3, 0.4) is 0 Å². The first kappa shape index (κ1) is 33.7. The minimum atomic E-state index is -1.87. The van der Waals surface area contributed by atoms with Crippen LogP contribution in [0.1, 0.15) is 0 Å². The highest BCUT2D eigenvalue weighted by Crippen LogP contribution is 2.51. The summed E-state index contributed by atoms with van der Waals surface area (Å²) in [6, 6.07) is 2.94. The number of fused-ring (bicyclic) bond motifs is 2. The van der Waals surface area contributed by atoms with Crippen LogP contribution in [-0.4, -0.2) is 135 Å². The third-order valence-corrected chi connectivity index (χ3v) is 7.83. The number of aliphatic hydroxyl groups excluding tert-OH is 6. The molecule has 1 aromatic heterocycles. The lowest BCUT2D eigenvalue weighted by atomic mass is 9.99. The molecule has 1 unspecified atom stereocenters. The Balaban J connectivity index is 1.59. The van der Waals surface area contributed by atoms with E-state index in [0.29, 0.717) is 0 Å². The maximum atomic E-state index is 14.2. The molecule has 17 heteroatoms. The Hall–Kier alpha value is -3.65. The molecule has 2 aromatic carbocycles. The van der Waals surface area contributed by atoms with Crippen molar-refractivity contribution >= 4 is 21.9 Å². The fourth-order valence-corrected chi connectivity index (χ4v) is 5.35. The molecule has 17 nitrogen and oxygen atoms in total.